The lowest BCUT2D eigenvalue weighted by Gasteiger charge is -2.24. The summed E-state index contributed by atoms with van der Waals surface area (Å²) in [5.41, 5.74) is 10.1. The third-order valence-corrected chi connectivity index (χ3v) is 6.51. The Morgan fingerprint density at radius 3 is 2.72 bits per heavy atom. The Morgan fingerprint density at radius 2 is 1.94 bits per heavy atom. The molecule has 2 heterocycles. The third-order valence-electron chi connectivity index (χ3n) is 6.19. The number of aromatic nitrogens is 1. The first-order valence-electron chi connectivity index (χ1n) is 11.4. The van der Waals surface area contributed by atoms with E-state index < -0.39 is 0 Å². The average Bonchev–Trinajstić information content (AvgIpc) is 2.76. The van der Waals surface area contributed by atoms with Crippen LogP contribution < -0.4 is 16.0 Å². The molecule has 1 aliphatic heterocycles. The van der Waals surface area contributed by atoms with Crippen LogP contribution in [0.25, 0.3) is 11.3 Å². The van der Waals surface area contributed by atoms with Gasteiger partial charge in [0.25, 0.3) is 5.91 Å². The largest absolute Gasteiger partial charge is 0.385 e. The monoisotopic (exact) mass is 450 g/mol. The number of anilines is 1. The first-order chi connectivity index (χ1) is 15.4. The Morgan fingerprint density at radius 1 is 1.16 bits per heavy atom. The van der Waals surface area contributed by atoms with Crippen molar-refractivity contribution in [3.05, 3.63) is 68.6 Å². The first kappa shape index (κ1) is 22.4. The topological polar surface area (TPSA) is 66.1 Å². The van der Waals surface area contributed by atoms with Gasteiger partial charge in [-0.15, -0.1) is 0 Å². The van der Waals surface area contributed by atoms with Crippen LogP contribution in [0.4, 0.5) is 5.69 Å². The number of aryl methyl sites for hydroxylation is 2. The van der Waals surface area contributed by atoms with Gasteiger partial charge in [-0.05, 0) is 94.4 Å². The maximum absolute atomic E-state index is 12.6. The maximum atomic E-state index is 12.6. The molecule has 168 valence electrons. The number of nitrogens with zero attached hydrogens (tertiary/aromatic N) is 1. The van der Waals surface area contributed by atoms with Gasteiger partial charge in [0.05, 0.1) is 10.7 Å². The summed E-state index contributed by atoms with van der Waals surface area (Å²) < 4.78 is 0. The van der Waals surface area contributed by atoms with Gasteiger partial charge in [0.1, 0.15) is 0 Å². The Bertz CT molecular complexity index is 1130. The predicted molar refractivity (Wildman–Crippen MR) is 132 cm³/mol. The van der Waals surface area contributed by atoms with Crippen molar-refractivity contribution in [1.82, 2.24) is 15.6 Å². The molecule has 32 heavy (non-hydrogen) atoms. The van der Waals surface area contributed by atoms with Crippen molar-refractivity contribution in [3.8, 4) is 11.3 Å². The lowest BCUT2D eigenvalue weighted by atomic mass is 9.92. The van der Waals surface area contributed by atoms with E-state index in [1.54, 1.807) is 0 Å². The van der Waals surface area contributed by atoms with Crippen LogP contribution in [0, 0.1) is 6.92 Å². The number of hydrogen-bond donors (Lipinski definition) is 3. The molecule has 2 aromatic rings. The fraction of sp³-hybridized carbons (Fsp3) is 0.385. The van der Waals surface area contributed by atoms with Crippen molar-refractivity contribution in [2.24, 2.45) is 0 Å². The lowest BCUT2D eigenvalue weighted by molar-refractivity contribution is 0.0955. The van der Waals surface area contributed by atoms with Gasteiger partial charge in [-0.3, -0.25) is 9.78 Å². The summed E-state index contributed by atoms with van der Waals surface area (Å²) in [7, 11) is 0. The molecule has 3 N–H and O–H groups in total. The zero-order chi connectivity index (χ0) is 22.8. The van der Waals surface area contributed by atoms with E-state index >= 15 is 0 Å². The van der Waals surface area contributed by atoms with Crippen molar-refractivity contribution < 1.29 is 4.79 Å². The Balaban J connectivity index is 1.82. The van der Waals surface area contributed by atoms with Crippen LogP contribution in [0.3, 0.4) is 0 Å². The van der Waals surface area contributed by atoms with Gasteiger partial charge in [-0.1, -0.05) is 11.6 Å². The first-order valence-corrected chi connectivity index (χ1v) is 11.8. The summed E-state index contributed by atoms with van der Waals surface area (Å²) in [5, 5.41) is 10.6. The molecule has 1 amide bonds. The fourth-order valence-corrected chi connectivity index (χ4v) is 4.68. The minimum atomic E-state index is -0.0877. The molecule has 0 bridgehead atoms. The van der Waals surface area contributed by atoms with Gasteiger partial charge in [-0.25, -0.2) is 0 Å². The summed E-state index contributed by atoms with van der Waals surface area (Å²) in [6, 6.07) is 5.83. The van der Waals surface area contributed by atoms with Crippen LogP contribution in [0.5, 0.6) is 0 Å². The van der Waals surface area contributed by atoms with E-state index in [-0.39, 0.29) is 5.91 Å². The second-order valence-electron chi connectivity index (χ2n) is 8.69. The van der Waals surface area contributed by atoms with Crippen molar-refractivity contribution in [2.45, 2.75) is 53.4 Å². The van der Waals surface area contributed by atoms with Gasteiger partial charge in [0.2, 0.25) is 0 Å². The smallest absolute Gasteiger partial charge is 0.251 e. The van der Waals surface area contributed by atoms with E-state index in [1.807, 2.05) is 26.0 Å². The minimum absolute atomic E-state index is 0.0877. The van der Waals surface area contributed by atoms with Gasteiger partial charge >= 0.3 is 0 Å². The number of allylic oxidation sites excluding steroid dienone is 2. The molecule has 5 nitrogen and oxygen atoms in total. The van der Waals surface area contributed by atoms with Crippen LogP contribution in [0.15, 0.2) is 41.2 Å². The van der Waals surface area contributed by atoms with E-state index in [1.165, 1.54) is 17.6 Å². The summed E-state index contributed by atoms with van der Waals surface area (Å²) in [6.07, 6.45) is 6.44. The summed E-state index contributed by atoms with van der Waals surface area (Å²) in [4.78, 5) is 17.6. The van der Waals surface area contributed by atoms with Gasteiger partial charge in [-0.2, -0.15) is 0 Å². The fourth-order valence-electron chi connectivity index (χ4n) is 4.37. The number of fused-ring (bicyclic) bond motifs is 1. The van der Waals surface area contributed by atoms with Crippen LogP contribution >= 0.6 is 11.6 Å². The standard InChI is InChI=1S/C26H31ClN4O/c1-5-28-26(32)19-12-20(21(27)10-15(19)2)25-13-24(18-8-6-7-9-22(18)30-25)31-23-11-17(4)29-14-16(23)3/h10-13,29H,5-9,14H2,1-4H3,(H,28,32)(H,30,31). The number of carbonyl (C=O) groups is 1. The molecular formula is C26H31ClN4O. The van der Waals surface area contributed by atoms with Gasteiger partial charge < -0.3 is 16.0 Å². The number of rotatable bonds is 5. The molecule has 0 atom stereocenters. The highest BCUT2D eigenvalue weighted by Gasteiger charge is 2.21. The zero-order valence-electron chi connectivity index (χ0n) is 19.3. The highest BCUT2D eigenvalue weighted by molar-refractivity contribution is 6.33. The number of dihydropyridines is 1. The van der Waals surface area contributed by atoms with Crippen molar-refractivity contribution >= 4 is 23.2 Å². The summed E-state index contributed by atoms with van der Waals surface area (Å²) in [5.74, 6) is -0.0877. The number of hydrogen-bond acceptors (Lipinski definition) is 4. The van der Waals surface area contributed by atoms with Crippen LogP contribution in [-0.4, -0.2) is 24.0 Å². The molecule has 1 aromatic carbocycles. The van der Waals surface area contributed by atoms with Crippen molar-refractivity contribution in [1.29, 1.82) is 0 Å². The molecule has 0 saturated heterocycles. The maximum Gasteiger partial charge on any atom is 0.251 e. The molecule has 4 rings (SSSR count). The summed E-state index contributed by atoms with van der Waals surface area (Å²) >= 11 is 6.67. The van der Waals surface area contributed by atoms with Crippen LogP contribution in [-0.2, 0) is 12.8 Å². The molecule has 1 aromatic heterocycles. The van der Waals surface area contributed by atoms with Crippen LogP contribution in [0.2, 0.25) is 5.02 Å². The van der Waals surface area contributed by atoms with E-state index in [0.717, 1.165) is 65.4 Å². The van der Waals surface area contributed by atoms with Gasteiger partial charge in [0.15, 0.2) is 0 Å². The van der Waals surface area contributed by atoms with E-state index in [0.29, 0.717) is 17.1 Å². The highest BCUT2D eigenvalue weighted by Crippen LogP contribution is 2.36. The third kappa shape index (κ3) is 4.53. The number of pyridine rings is 1. The van der Waals surface area contributed by atoms with E-state index in [4.69, 9.17) is 16.6 Å². The normalized spacial score (nSPS) is 15.6. The second kappa shape index (κ2) is 9.37. The number of benzene rings is 1. The predicted octanol–water partition coefficient (Wildman–Crippen LogP) is 5.53. The molecule has 0 unspecified atom stereocenters. The number of nitrogens with one attached hydrogen (secondary N) is 3. The minimum Gasteiger partial charge on any atom is -0.385 e. The Labute approximate surface area is 195 Å². The quantitative estimate of drug-likeness (QED) is 0.560. The van der Waals surface area contributed by atoms with Crippen LogP contribution in [0.1, 0.15) is 60.8 Å². The van der Waals surface area contributed by atoms with Crippen molar-refractivity contribution in [3.63, 3.8) is 0 Å². The number of halogens is 1. The molecule has 0 radical (unpaired) electrons. The second-order valence-corrected chi connectivity index (χ2v) is 9.10. The molecule has 0 fully saturated rings. The highest BCUT2D eigenvalue weighted by atomic mass is 35.5. The van der Waals surface area contributed by atoms with E-state index in [9.17, 15) is 4.79 Å². The SMILES string of the molecule is CCNC(=O)c1cc(-c2cc(NC3=C(C)CNC(C)=C3)c3c(n2)CCCC3)c(Cl)cc1C. The summed E-state index contributed by atoms with van der Waals surface area (Å²) in [6.45, 7) is 9.47. The van der Waals surface area contributed by atoms with Gasteiger partial charge in [0, 0.05) is 47.0 Å². The molecular weight excluding hydrogens is 420 g/mol. The zero-order valence-corrected chi connectivity index (χ0v) is 20.0. The Hall–Kier alpha value is -2.79. The van der Waals surface area contributed by atoms with Crippen molar-refractivity contribution in [2.75, 3.05) is 18.4 Å². The Kier molecular flexibility index (Phi) is 6.56. The number of amides is 1. The van der Waals surface area contributed by atoms with E-state index in [2.05, 4.69) is 41.9 Å². The number of carbonyl (C=O) groups excluding carboxylic acids is 1. The molecule has 6 heteroatoms. The molecule has 0 spiro atoms. The molecule has 1 aliphatic carbocycles. The molecule has 2 aliphatic rings. The molecule has 0 saturated carbocycles. The average molecular weight is 451 g/mol. The lowest BCUT2D eigenvalue weighted by Crippen LogP contribution is -2.23.